The molecule has 55 heavy (non-hydrogen) atoms. The molecule has 6 aromatic rings. The average molecular weight is 753 g/mol. The van der Waals surface area contributed by atoms with E-state index in [0.29, 0.717) is 88.4 Å². The zero-order valence-corrected chi connectivity index (χ0v) is 30.5. The molecule has 15 nitrogen and oxygen atoms in total. The first-order chi connectivity index (χ1) is 26.7. The molecule has 2 aromatic carbocycles. The van der Waals surface area contributed by atoms with Gasteiger partial charge in [-0.2, -0.15) is 10.1 Å². The van der Waals surface area contributed by atoms with Gasteiger partial charge in [-0.05, 0) is 44.0 Å². The van der Waals surface area contributed by atoms with Crippen molar-refractivity contribution in [2.75, 3.05) is 45.4 Å². The van der Waals surface area contributed by atoms with Gasteiger partial charge in [0.2, 0.25) is 5.91 Å². The van der Waals surface area contributed by atoms with E-state index in [1.807, 2.05) is 16.4 Å². The average Bonchev–Trinajstić information content (AvgIpc) is 3.87. The van der Waals surface area contributed by atoms with Crippen LogP contribution in [-0.2, 0) is 27.4 Å². The lowest BCUT2D eigenvalue weighted by atomic mass is 10.1. The van der Waals surface area contributed by atoms with Crippen LogP contribution in [0.2, 0.25) is 0 Å². The number of benzene rings is 2. The molecule has 0 unspecified atom stereocenters. The standard InChI is InChI=1S/C38H38F2N10O5/c1-21-43-29-13-23(40)12-26-28-8-9-41-38(44-28)55-24-15-31(37(51)47(2)17-25(52-3)19-48(21)34(26)29)49(18-24)35-27-16-42-50-30-7-6-22(39)14-32(30)54-11-5-4-10-53-20-33(45-35)46-36(27)50/h6-9,12-14,16,24-25,31H,4-5,10-11,15,17-20H2,1-3H3/t24-,25+,31-/m0/s1. The van der Waals surface area contributed by atoms with Gasteiger partial charge < -0.3 is 33.3 Å². The molecule has 284 valence electrons. The molecular weight excluding hydrogens is 714 g/mol. The van der Waals surface area contributed by atoms with Crippen LogP contribution in [0.3, 0.4) is 0 Å². The Morgan fingerprint density at radius 1 is 0.964 bits per heavy atom. The van der Waals surface area contributed by atoms with Crippen LogP contribution in [0.5, 0.6) is 11.8 Å². The van der Waals surface area contributed by atoms with E-state index in [-0.39, 0.29) is 38.0 Å². The molecule has 17 heteroatoms. The lowest BCUT2D eigenvalue weighted by molar-refractivity contribution is -0.133. The number of carbonyl (C=O) groups is 1. The molecule has 3 aliphatic rings. The zero-order valence-electron chi connectivity index (χ0n) is 30.5. The summed E-state index contributed by atoms with van der Waals surface area (Å²) in [6.45, 7) is 3.62. The Kier molecular flexibility index (Phi) is 8.96. The van der Waals surface area contributed by atoms with E-state index >= 15 is 4.39 Å². The maximum Gasteiger partial charge on any atom is 0.317 e. The third-order valence-electron chi connectivity index (χ3n) is 10.3. The predicted octanol–water partition coefficient (Wildman–Crippen LogP) is 4.41. The first-order valence-corrected chi connectivity index (χ1v) is 18.2. The van der Waals surface area contributed by atoms with Crippen molar-refractivity contribution >= 4 is 33.8 Å². The predicted molar refractivity (Wildman–Crippen MR) is 195 cm³/mol. The van der Waals surface area contributed by atoms with Gasteiger partial charge in [0.1, 0.15) is 53.5 Å². The summed E-state index contributed by atoms with van der Waals surface area (Å²) in [5.41, 5.74) is 3.11. The monoisotopic (exact) mass is 752 g/mol. The second-order valence-electron chi connectivity index (χ2n) is 14.0. The highest BCUT2D eigenvalue weighted by Crippen LogP contribution is 2.36. The van der Waals surface area contributed by atoms with Crippen LogP contribution >= 0.6 is 0 Å². The number of hydrogen-bond donors (Lipinski definition) is 0. The minimum Gasteiger partial charge on any atom is -0.491 e. The van der Waals surface area contributed by atoms with Crippen molar-refractivity contribution < 1.29 is 32.5 Å². The van der Waals surface area contributed by atoms with Gasteiger partial charge in [-0.25, -0.2) is 33.4 Å². The van der Waals surface area contributed by atoms with Crippen molar-refractivity contribution in [3.63, 3.8) is 0 Å². The van der Waals surface area contributed by atoms with Gasteiger partial charge in [0.05, 0.1) is 54.1 Å². The van der Waals surface area contributed by atoms with E-state index in [9.17, 15) is 9.18 Å². The molecule has 9 rings (SSSR count). The fraction of sp³-hybridized carbons (Fsp3) is 0.395. The van der Waals surface area contributed by atoms with Crippen LogP contribution in [0.25, 0.3) is 39.0 Å². The van der Waals surface area contributed by atoms with E-state index in [0.717, 1.165) is 6.42 Å². The zero-order chi connectivity index (χ0) is 37.8. The van der Waals surface area contributed by atoms with Gasteiger partial charge in [0.15, 0.2) is 11.5 Å². The maximum atomic E-state index is 15.0. The molecule has 0 spiro atoms. The van der Waals surface area contributed by atoms with Gasteiger partial charge in [-0.1, -0.05) is 0 Å². The van der Waals surface area contributed by atoms with E-state index in [1.165, 1.54) is 24.3 Å². The summed E-state index contributed by atoms with van der Waals surface area (Å²) < 4.78 is 57.5. The highest BCUT2D eigenvalue weighted by atomic mass is 19.1. The van der Waals surface area contributed by atoms with Crippen LogP contribution in [0.4, 0.5) is 14.6 Å². The number of aryl methyl sites for hydroxylation is 1. The second-order valence-corrected chi connectivity index (χ2v) is 14.0. The number of anilines is 1. The van der Waals surface area contributed by atoms with E-state index in [2.05, 4.69) is 15.1 Å². The van der Waals surface area contributed by atoms with Gasteiger partial charge in [-0.15, -0.1) is 0 Å². The first kappa shape index (κ1) is 34.9. The summed E-state index contributed by atoms with van der Waals surface area (Å²) in [6.07, 6.45) is 3.91. The number of hydrogen-bond acceptors (Lipinski definition) is 12. The molecule has 3 atom stereocenters. The molecule has 7 heterocycles. The fourth-order valence-corrected chi connectivity index (χ4v) is 7.70. The molecule has 0 radical (unpaired) electrons. The van der Waals surface area contributed by atoms with E-state index in [4.69, 9.17) is 33.9 Å². The molecule has 0 aliphatic carbocycles. The van der Waals surface area contributed by atoms with Crippen molar-refractivity contribution in [3.05, 3.63) is 72.1 Å². The third-order valence-corrected chi connectivity index (χ3v) is 10.3. The molecule has 0 saturated carbocycles. The Hall–Kier alpha value is -5.81. The minimum atomic E-state index is -0.726. The summed E-state index contributed by atoms with van der Waals surface area (Å²) >= 11 is 0. The minimum absolute atomic E-state index is 0.0813. The van der Waals surface area contributed by atoms with Crippen LogP contribution in [0.15, 0.2) is 48.8 Å². The van der Waals surface area contributed by atoms with Crippen molar-refractivity contribution in [1.82, 2.24) is 44.2 Å². The molecule has 6 bridgehead atoms. The largest absolute Gasteiger partial charge is 0.491 e. The van der Waals surface area contributed by atoms with Crippen LogP contribution < -0.4 is 14.4 Å². The Morgan fingerprint density at radius 2 is 1.84 bits per heavy atom. The highest BCUT2D eigenvalue weighted by Gasteiger charge is 2.42. The van der Waals surface area contributed by atoms with Crippen LogP contribution in [-0.4, -0.2) is 109 Å². The number of methoxy groups -OCH3 is 1. The van der Waals surface area contributed by atoms with Gasteiger partial charge in [0, 0.05) is 57.6 Å². The lowest BCUT2D eigenvalue weighted by Gasteiger charge is -2.31. The Balaban J connectivity index is 1.16. The molecular formula is C38H38F2N10O5. The highest BCUT2D eigenvalue weighted by molar-refractivity contribution is 5.93. The molecule has 1 amide bonds. The molecule has 4 aromatic heterocycles. The number of imidazole rings is 1. The number of likely N-dealkylation sites (N-methyl/N-ethyl adjacent to an activating group) is 1. The van der Waals surface area contributed by atoms with Crippen molar-refractivity contribution in [3.8, 4) is 28.7 Å². The molecule has 1 saturated heterocycles. The lowest BCUT2D eigenvalue weighted by Crippen LogP contribution is -2.47. The summed E-state index contributed by atoms with van der Waals surface area (Å²) in [5, 5.41) is 5.25. The Bertz CT molecular complexity index is 2440. The van der Waals surface area contributed by atoms with Crippen molar-refractivity contribution in [2.24, 2.45) is 0 Å². The summed E-state index contributed by atoms with van der Waals surface area (Å²) in [6, 6.07) is 8.18. The summed E-state index contributed by atoms with van der Waals surface area (Å²) in [7, 11) is 3.35. The second kappa shape index (κ2) is 14.1. The smallest absolute Gasteiger partial charge is 0.317 e. The summed E-state index contributed by atoms with van der Waals surface area (Å²) in [4.78, 5) is 41.8. The number of carbonyl (C=O) groups excluding carboxylic acids is 1. The molecule has 1 fully saturated rings. The van der Waals surface area contributed by atoms with E-state index in [1.54, 1.807) is 48.3 Å². The number of halogens is 2. The van der Waals surface area contributed by atoms with Gasteiger partial charge in [0.25, 0.3) is 0 Å². The normalized spacial score (nSPS) is 20.6. The number of nitrogens with zero attached hydrogens (tertiary/aromatic N) is 10. The van der Waals surface area contributed by atoms with E-state index < -0.39 is 29.9 Å². The first-order valence-electron chi connectivity index (χ1n) is 18.2. The van der Waals surface area contributed by atoms with Crippen LogP contribution in [0.1, 0.15) is 30.9 Å². The quantitative estimate of drug-likeness (QED) is 0.247. The number of fused-ring (bicyclic) bond motifs is 8. The summed E-state index contributed by atoms with van der Waals surface area (Å²) in [5.74, 6) is 0.783. The fourth-order valence-electron chi connectivity index (χ4n) is 7.70. The number of aromatic nitrogens is 8. The SMILES string of the molecule is CO[C@@H]1CN(C)C(=O)[C@@H]2C[C@@H](CN2c2nc3nc4c2cnn4-c2ccc(F)cc2OCCCCOC3)Oc2nccc(n2)-c2cc(F)cc3nc(C)n(c23)C1. The number of rotatable bonds is 2. The third kappa shape index (κ3) is 6.46. The Morgan fingerprint density at radius 3 is 2.71 bits per heavy atom. The molecule has 0 N–H and O–H groups in total. The van der Waals surface area contributed by atoms with Crippen molar-refractivity contribution in [1.29, 1.82) is 0 Å². The topological polar surface area (TPSA) is 148 Å². The number of ether oxygens (including phenoxy) is 4. The van der Waals surface area contributed by atoms with Crippen molar-refractivity contribution in [2.45, 2.75) is 57.6 Å². The Labute approximate surface area is 313 Å². The molecule has 3 aliphatic heterocycles. The van der Waals surface area contributed by atoms with Gasteiger partial charge in [-0.3, -0.25) is 4.79 Å². The number of amides is 1. The van der Waals surface area contributed by atoms with Crippen LogP contribution in [0, 0.1) is 18.6 Å². The maximum absolute atomic E-state index is 15.0. The van der Waals surface area contributed by atoms with Gasteiger partial charge >= 0.3 is 6.01 Å².